The molecule has 0 aliphatic carbocycles. The van der Waals surface area contributed by atoms with Gasteiger partial charge in [0.05, 0.1) is 12.8 Å². The molecule has 0 bridgehead atoms. The average Bonchev–Trinajstić information content (AvgIpc) is 2.47. The first-order valence-electron chi connectivity index (χ1n) is 5.95. The lowest BCUT2D eigenvalue weighted by Gasteiger charge is -2.26. The number of fused-ring (bicyclic) bond motifs is 1. The Morgan fingerprint density at radius 1 is 1.16 bits per heavy atom. The molecule has 3 rings (SSSR count). The van der Waals surface area contributed by atoms with E-state index < -0.39 is 6.04 Å². The lowest BCUT2D eigenvalue weighted by Crippen LogP contribution is -2.32. The maximum Gasteiger partial charge on any atom is 0.251 e. The molecule has 1 unspecified atom stereocenters. The van der Waals surface area contributed by atoms with E-state index >= 15 is 0 Å². The molecule has 19 heavy (non-hydrogen) atoms. The Labute approximate surface area is 110 Å². The minimum Gasteiger partial charge on any atom is -0.481 e. The summed E-state index contributed by atoms with van der Waals surface area (Å²) in [5, 5.41) is 5.97. The molecule has 0 radical (unpaired) electrons. The largest absolute Gasteiger partial charge is 0.481 e. The van der Waals surface area contributed by atoms with Crippen molar-refractivity contribution >= 4 is 17.4 Å². The number of rotatable bonds is 2. The number of pyridine rings is 1. The first kappa shape index (κ1) is 11.5. The Kier molecular flexibility index (Phi) is 2.79. The van der Waals surface area contributed by atoms with Crippen molar-refractivity contribution < 1.29 is 9.53 Å². The number of aromatic nitrogens is 1. The predicted molar refractivity (Wildman–Crippen MR) is 72.2 cm³/mol. The number of carbonyl (C=O) groups excluding carboxylic acids is 1. The molecule has 0 saturated carbocycles. The van der Waals surface area contributed by atoms with Crippen molar-refractivity contribution in [2.45, 2.75) is 6.04 Å². The van der Waals surface area contributed by atoms with Crippen molar-refractivity contribution in [3.8, 4) is 5.88 Å². The van der Waals surface area contributed by atoms with Crippen molar-refractivity contribution in [2.75, 3.05) is 17.7 Å². The summed E-state index contributed by atoms with van der Waals surface area (Å²) in [7, 11) is 1.56. The van der Waals surface area contributed by atoms with E-state index in [-0.39, 0.29) is 5.91 Å². The molecule has 1 amide bonds. The highest BCUT2D eigenvalue weighted by molar-refractivity contribution is 6.02. The highest BCUT2D eigenvalue weighted by atomic mass is 16.5. The van der Waals surface area contributed by atoms with E-state index in [1.165, 1.54) is 0 Å². The molecule has 0 fully saturated rings. The number of hydrogen-bond donors (Lipinski definition) is 2. The van der Waals surface area contributed by atoms with E-state index in [1.54, 1.807) is 19.2 Å². The summed E-state index contributed by atoms with van der Waals surface area (Å²) in [6, 6.07) is 12.6. The van der Waals surface area contributed by atoms with Gasteiger partial charge in [-0.3, -0.25) is 4.79 Å². The summed E-state index contributed by atoms with van der Waals surface area (Å²) in [6.45, 7) is 0. The number of nitrogens with zero attached hydrogens (tertiary/aromatic N) is 1. The van der Waals surface area contributed by atoms with E-state index in [0.29, 0.717) is 17.4 Å². The molecule has 1 aromatic heterocycles. The lowest BCUT2D eigenvalue weighted by atomic mass is 10.0. The van der Waals surface area contributed by atoms with Crippen molar-refractivity contribution in [3.63, 3.8) is 0 Å². The van der Waals surface area contributed by atoms with Crippen molar-refractivity contribution in [2.24, 2.45) is 0 Å². The van der Waals surface area contributed by atoms with Crippen molar-refractivity contribution in [1.82, 2.24) is 4.98 Å². The summed E-state index contributed by atoms with van der Waals surface area (Å²) in [4.78, 5) is 16.4. The predicted octanol–water partition coefficient (Wildman–Crippen LogP) is 2.20. The van der Waals surface area contributed by atoms with Crippen LogP contribution >= 0.6 is 0 Å². The zero-order chi connectivity index (χ0) is 13.2. The van der Waals surface area contributed by atoms with Gasteiger partial charge in [0.1, 0.15) is 6.04 Å². The van der Waals surface area contributed by atoms with Gasteiger partial charge in [0.2, 0.25) is 5.88 Å². The quantitative estimate of drug-likeness (QED) is 0.863. The third-order valence-electron chi connectivity index (χ3n) is 3.01. The Bertz CT molecular complexity index is 613. The minimum absolute atomic E-state index is 0.0920. The number of benzene rings is 1. The molecule has 1 aliphatic heterocycles. The highest BCUT2D eigenvalue weighted by Gasteiger charge is 2.27. The van der Waals surface area contributed by atoms with Crippen LogP contribution in [0.5, 0.6) is 5.88 Å². The Hall–Kier alpha value is -2.56. The molecule has 0 spiro atoms. The standard InChI is InChI=1S/C14H13N3O2/c1-19-11-8-7-10-13(16-11)17-12(14(18)15-10)9-5-3-2-4-6-9/h2-8,12H,1H3,(H,15,18)(H,16,17). The second-order valence-electron chi connectivity index (χ2n) is 4.23. The molecular formula is C14H13N3O2. The van der Waals surface area contributed by atoms with Gasteiger partial charge in [-0.25, -0.2) is 0 Å². The average molecular weight is 255 g/mol. The van der Waals surface area contributed by atoms with Gasteiger partial charge >= 0.3 is 0 Å². The van der Waals surface area contributed by atoms with Crippen LogP contribution in [0.1, 0.15) is 11.6 Å². The van der Waals surface area contributed by atoms with Crippen LogP contribution in [0, 0.1) is 0 Å². The maximum atomic E-state index is 12.1. The fraction of sp³-hybridized carbons (Fsp3) is 0.143. The molecule has 5 nitrogen and oxygen atoms in total. The molecule has 1 aromatic carbocycles. The summed E-state index contributed by atoms with van der Waals surface area (Å²) >= 11 is 0. The molecule has 96 valence electrons. The lowest BCUT2D eigenvalue weighted by molar-refractivity contribution is -0.117. The fourth-order valence-corrected chi connectivity index (χ4v) is 2.05. The van der Waals surface area contributed by atoms with Gasteiger partial charge in [-0.05, 0) is 11.6 Å². The Morgan fingerprint density at radius 3 is 2.68 bits per heavy atom. The molecule has 2 N–H and O–H groups in total. The van der Waals surface area contributed by atoms with Gasteiger partial charge < -0.3 is 15.4 Å². The number of ether oxygens (including phenoxy) is 1. The van der Waals surface area contributed by atoms with E-state index in [2.05, 4.69) is 15.6 Å². The SMILES string of the molecule is COc1ccc2c(n1)NC(c1ccccc1)C(=O)N2. The zero-order valence-corrected chi connectivity index (χ0v) is 10.4. The Morgan fingerprint density at radius 2 is 1.95 bits per heavy atom. The summed E-state index contributed by atoms with van der Waals surface area (Å²) in [5.74, 6) is 1.03. The normalized spacial score (nSPS) is 17.1. The second-order valence-corrected chi connectivity index (χ2v) is 4.23. The van der Waals surface area contributed by atoms with Crippen LogP contribution in [0.3, 0.4) is 0 Å². The second kappa shape index (κ2) is 4.61. The smallest absolute Gasteiger partial charge is 0.251 e. The molecular weight excluding hydrogens is 242 g/mol. The van der Waals surface area contributed by atoms with Crippen LogP contribution in [-0.2, 0) is 4.79 Å². The van der Waals surface area contributed by atoms with E-state index in [4.69, 9.17) is 4.74 Å². The number of nitrogens with one attached hydrogen (secondary N) is 2. The molecule has 1 atom stereocenters. The van der Waals surface area contributed by atoms with Crippen LogP contribution in [0.4, 0.5) is 11.5 Å². The van der Waals surface area contributed by atoms with E-state index in [9.17, 15) is 4.79 Å². The number of methoxy groups -OCH3 is 1. The van der Waals surface area contributed by atoms with Gasteiger partial charge in [0, 0.05) is 6.07 Å². The van der Waals surface area contributed by atoms with Crippen LogP contribution in [0.25, 0.3) is 0 Å². The summed E-state index contributed by atoms with van der Waals surface area (Å²) < 4.78 is 5.08. The van der Waals surface area contributed by atoms with Crippen LogP contribution in [0.2, 0.25) is 0 Å². The highest BCUT2D eigenvalue weighted by Crippen LogP contribution is 2.32. The van der Waals surface area contributed by atoms with Gasteiger partial charge in [-0.2, -0.15) is 4.98 Å². The van der Waals surface area contributed by atoms with Crippen molar-refractivity contribution in [3.05, 3.63) is 48.0 Å². The third kappa shape index (κ3) is 2.10. The third-order valence-corrected chi connectivity index (χ3v) is 3.01. The molecule has 1 aliphatic rings. The number of amides is 1. The number of anilines is 2. The first-order chi connectivity index (χ1) is 9.28. The van der Waals surface area contributed by atoms with Crippen molar-refractivity contribution in [1.29, 1.82) is 0 Å². The van der Waals surface area contributed by atoms with Crippen LogP contribution < -0.4 is 15.4 Å². The van der Waals surface area contributed by atoms with Crippen LogP contribution in [-0.4, -0.2) is 18.0 Å². The van der Waals surface area contributed by atoms with Crippen LogP contribution in [0.15, 0.2) is 42.5 Å². The number of hydrogen-bond acceptors (Lipinski definition) is 4. The monoisotopic (exact) mass is 255 g/mol. The van der Waals surface area contributed by atoms with E-state index in [0.717, 1.165) is 5.56 Å². The molecule has 0 saturated heterocycles. The first-order valence-corrected chi connectivity index (χ1v) is 5.95. The number of carbonyl (C=O) groups is 1. The molecule has 2 aromatic rings. The van der Waals surface area contributed by atoms with E-state index in [1.807, 2.05) is 30.3 Å². The Balaban J connectivity index is 1.96. The van der Waals surface area contributed by atoms with Gasteiger partial charge in [-0.15, -0.1) is 0 Å². The molecule has 5 heteroatoms. The molecule has 2 heterocycles. The summed E-state index contributed by atoms with van der Waals surface area (Å²) in [5.41, 5.74) is 1.56. The van der Waals surface area contributed by atoms with Gasteiger partial charge in [-0.1, -0.05) is 30.3 Å². The van der Waals surface area contributed by atoms with Gasteiger partial charge in [0.25, 0.3) is 5.91 Å². The zero-order valence-electron chi connectivity index (χ0n) is 10.4. The topological polar surface area (TPSA) is 63.2 Å². The minimum atomic E-state index is -0.437. The summed E-state index contributed by atoms with van der Waals surface area (Å²) in [6.07, 6.45) is 0. The maximum absolute atomic E-state index is 12.1. The van der Waals surface area contributed by atoms with Gasteiger partial charge in [0.15, 0.2) is 5.82 Å². The fourth-order valence-electron chi connectivity index (χ4n) is 2.05.